The highest BCUT2D eigenvalue weighted by Gasteiger charge is 2.36. The van der Waals surface area contributed by atoms with Crippen LogP contribution in [0.25, 0.3) is 0 Å². The smallest absolute Gasteiger partial charge is 0.235 e. The third-order valence-corrected chi connectivity index (χ3v) is 4.94. The van der Waals surface area contributed by atoms with Crippen molar-refractivity contribution in [1.82, 2.24) is 10.6 Å². The molecule has 0 aromatic heterocycles. The van der Waals surface area contributed by atoms with Crippen molar-refractivity contribution in [2.75, 3.05) is 6.54 Å². The first kappa shape index (κ1) is 18.8. The zero-order chi connectivity index (χ0) is 17.6. The molecule has 132 valence electrons. The van der Waals surface area contributed by atoms with E-state index in [1.807, 2.05) is 24.3 Å². The van der Waals surface area contributed by atoms with Gasteiger partial charge in [0.1, 0.15) is 5.41 Å². The van der Waals surface area contributed by atoms with Crippen molar-refractivity contribution in [2.45, 2.75) is 58.4 Å². The van der Waals surface area contributed by atoms with Gasteiger partial charge in [-0.1, -0.05) is 43.0 Å². The van der Waals surface area contributed by atoms with E-state index in [1.165, 1.54) is 6.42 Å². The normalized spacial score (nSPS) is 15.8. The van der Waals surface area contributed by atoms with Gasteiger partial charge in [0.15, 0.2) is 0 Å². The molecule has 1 aromatic carbocycles. The third-order valence-electron chi connectivity index (χ3n) is 4.69. The fraction of sp³-hybridized carbons (Fsp3) is 0.579. The second-order valence-corrected chi connectivity index (χ2v) is 7.50. The monoisotopic (exact) mass is 350 g/mol. The minimum atomic E-state index is -1.06. The van der Waals surface area contributed by atoms with Gasteiger partial charge in [0.05, 0.1) is 0 Å². The number of benzene rings is 1. The van der Waals surface area contributed by atoms with E-state index in [2.05, 4.69) is 10.6 Å². The van der Waals surface area contributed by atoms with Gasteiger partial charge in [-0.15, -0.1) is 0 Å². The number of carbonyl (C=O) groups is 2. The van der Waals surface area contributed by atoms with E-state index in [-0.39, 0.29) is 17.9 Å². The summed E-state index contributed by atoms with van der Waals surface area (Å²) in [5.74, 6) is -0.414. The molecule has 0 spiro atoms. The summed E-state index contributed by atoms with van der Waals surface area (Å²) >= 11 is 5.86. The van der Waals surface area contributed by atoms with Gasteiger partial charge in [-0.05, 0) is 50.8 Å². The number of nitrogens with one attached hydrogen (secondary N) is 2. The lowest BCUT2D eigenvalue weighted by atomic mass is 9.89. The highest BCUT2D eigenvalue weighted by atomic mass is 35.5. The molecule has 0 heterocycles. The largest absolute Gasteiger partial charge is 0.355 e. The standard InChI is InChI=1S/C19H27ClN2O2/c1-19(2,18(24)22-16-6-4-3-5-7-16)17(23)21-13-12-14-8-10-15(20)11-9-14/h8-11,16H,3-7,12-13H2,1-2H3,(H,21,23)(H,22,24). The van der Waals surface area contributed by atoms with Crippen LogP contribution in [0.1, 0.15) is 51.5 Å². The summed E-state index contributed by atoms with van der Waals surface area (Å²) in [7, 11) is 0. The van der Waals surface area contributed by atoms with Gasteiger partial charge in [0, 0.05) is 17.6 Å². The topological polar surface area (TPSA) is 58.2 Å². The summed E-state index contributed by atoms with van der Waals surface area (Å²) in [5, 5.41) is 6.61. The van der Waals surface area contributed by atoms with E-state index in [0.29, 0.717) is 18.0 Å². The first-order chi connectivity index (χ1) is 11.4. The van der Waals surface area contributed by atoms with E-state index < -0.39 is 5.41 Å². The van der Waals surface area contributed by atoms with Crippen molar-refractivity contribution in [3.63, 3.8) is 0 Å². The van der Waals surface area contributed by atoms with Crippen molar-refractivity contribution in [3.05, 3.63) is 34.9 Å². The average Bonchev–Trinajstić information content (AvgIpc) is 2.57. The molecule has 0 atom stereocenters. The van der Waals surface area contributed by atoms with Gasteiger partial charge in [-0.2, -0.15) is 0 Å². The summed E-state index contributed by atoms with van der Waals surface area (Å²) in [4.78, 5) is 24.9. The first-order valence-corrected chi connectivity index (χ1v) is 9.11. The molecule has 0 saturated heterocycles. The molecule has 1 aliphatic carbocycles. The van der Waals surface area contributed by atoms with E-state index >= 15 is 0 Å². The SMILES string of the molecule is CC(C)(C(=O)NCCc1ccc(Cl)cc1)C(=O)NC1CCCCC1. The molecule has 2 amide bonds. The second kappa shape index (κ2) is 8.52. The number of hydrogen-bond acceptors (Lipinski definition) is 2. The number of halogens is 1. The van der Waals surface area contributed by atoms with Gasteiger partial charge in [0.25, 0.3) is 0 Å². The highest BCUT2D eigenvalue weighted by Crippen LogP contribution is 2.21. The summed E-state index contributed by atoms with van der Waals surface area (Å²) in [5.41, 5.74) is 0.0430. The Kier molecular flexibility index (Phi) is 6.67. The number of hydrogen-bond donors (Lipinski definition) is 2. The number of amides is 2. The van der Waals surface area contributed by atoms with E-state index in [4.69, 9.17) is 11.6 Å². The Labute approximate surface area is 149 Å². The zero-order valence-electron chi connectivity index (χ0n) is 14.5. The maximum atomic E-state index is 12.5. The van der Waals surface area contributed by atoms with Crippen molar-refractivity contribution in [1.29, 1.82) is 0 Å². The van der Waals surface area contributed by atoms with Crippen molar-refractivity contribution < 1.29 is 9.59 Å². The Morgan fingerprint density at radius 2 is 1.71 bits per heavy atom. The van der Waals surface area contributed by atoms with Crippen LogP contribution < -0.4 is 10.6 Å². The van der Waals surface area contributed by atoms with E-state index in [9.17, 15) is 9.59 Å². The number of carbonyl (C=O) groups excluding carboxylic acids is 2. The zero-order valence-corrected chi connectivity index (χ0v) is 15.3. The van der Waals surface area contributed by atoms with Gasteiger partial charge >= 0.3 is 0 Å². The van der Waals surface area contributed by atoms with Gasteiger partial charge < -0.3 is 10.6 Å². The molecule has 5 heteroatoms. The maximum Gasteiger partial charge on any atom is 0.235 e. The summed E-state index contributed by atoms with van der Waals surface area (Å²) in [6, 6.07) is 7.76. The molecule has 0 radical (unpaired) electrons. The van der Waals surface area contributed by atoms with Crippen molar-refractivity contribution >= 4 is 23.4 Å². The maximum absolute atomic E-state index is 12.5. The highest BCUT2D eigenvalue weighted by molar-refractivity contribution is 6.30. The quantitative estimate of drug-likeness (QED) is 0.772. The van der Waals surface area contributed by atoms with Crippen LogP contribution in [0, 0.1) is 5.41 Å². The molecule has 2 rings (SSSR count). The summed E-state index contributed by atoms with van der Waals surface area (Å²) in [6.45, 7) is 3.87. The Hall–Kier alpha value is -1.55. The van der Waals surface area contributed by atoms with Crippen LogP contribution in [0.3, 0.4) is 0 Å². The van der Waals surface area contributed by atoms with Crippen LogP contribution >= 0.6 is 11.6 Å². The average molecular weight is 351 g/mol. The van der Waals surface area contributed by atoms with Crippen LogP contribution in [0.15, 0.2) is 24.3 Å². The molecule has 1 fully saturated rings. The molecule has 24 heavy (non-hydrogen) atoms. The van der Waals surface area contributed by atoms with E-state index in [0.717, 1.165) is 31.2 Å². The fourth-order valence-corrected chi connectivity index (χ4v) is 3.03. The molecule has 1 aliphatic rings. The number of rotatable bonds is 6. The summed E-state index contributed by atoms with van der Waals surface area (Å²) < 4.78 is 0. The van der Waals surface area contributed by atoms with Crippen LogP contribution in [0.2, 0.25) is 5.02 Å². The Balaban J connectivity index is 1.80. The second-order valence-electron chi connectivity index (χ2n) is 7.07. The van der Waals surface area contributed by atoms with Crippen molar-refractivity contribution in [3.8, 4) is 0 Å². The van der Waals surface area contributed by atoms with Gasteiger partial charge in [-0.3, -0.25) is 9.59 Å². The molecule has 0 aliphatic heterocycles. The lowest BCUT2D eigenvalue weighted by Gasteiger charge is -2.28. The lowest BCUT2D eigenvalue weighted by molar-refractivity contribution is -0.141. The van der Waals surface area contributed by atoms with E-state index in [1.54, 1.807) is 13.8 Å². The Bertz CT molecular complexity index is 563. The minimum Gasteiger partial charge on any atom is -0.355 e. The minimum absolute atomic E-state index is 0.182. The molecular weight excluding hydrogens is 324 g/mol. The van der Waals surface area contributed by atoms with Gasteiger partial charge in [-0.25, -0.2) is 0 Å². The van der Waals surface area contributed by atoms with Crippen LogP contribution in [0.5, 0.6) is 0 Å². The summed E-state index contributed by atoms with van der Waals surface area (Å²) in [6.07, 6.45) is 6.28. The molecule has 4 nitrogen and oxygen atoms in total. The molecule has 1 aromatic rings. The molecule has 0 bridgehead atoms. The predicted molar refractivity (Wildman–Crippen MR) is 97.0 cm³/mol. The Morgan fingerprint density at radius 1 is 1.08 bits per heavy atom. The lowest BCUT2D eigenvalue weighted by Crippen LogP contribution is -2.51. The predicted octanol–water partition coefficient (Wildman–Crippen LogP) is 3.47. The molecule has 1 saturated carbocycles. The van der Waals surface area contributed by atoms with Crippen LogP contribution in [0.4, 0.5) is 0 Å². The first-order valence-electron chi connectivity index (χ1n) is 8.73. The molecule has 0 unspecified atom stereocenters. The third kappa shape index (κ3) is 5.23. The molecule has 2 N–H and O–H groups in total. The van der Waals surface area contributed by atoms with Crippen LogP contribution in [-0.2, 0) is 16.0 Å². The molecular formula is C19H27ClN2O2. The Morgan fingerprint density at radius 3 is 2.33 bits per heavy atom. The van der Waals surface area contributed by atoms with Crippen molar-refractivity contribution in [2.24, 2.45) is 5.41 Å². The van der Waals surface area contributed by atoms with Gasteiger partial charge in [0.2, 0.25) is 11.8 Å². The fourth-order valence-electron chi connectivity index (χ4n) is 2.91. The van der Waals surface area contributed by atoms with Crippen LogP contribution in [-0.4, -0.2) is 24.4 Å².